The maximum atomic E-state index is 12.2. The second-order valence-electron chi connectivity index (χ2n) is 4.72. The van der Waals surface area contributed by atoms with Crippen molar-refractivity contribution in [3.63, 3.8) is 0 Å². The van der Waals surface area contributed by atoms with Crippen LogP contribution in [0.25, 0.3) is 6.08 Å². The monoisotopic (exact) mass is 292 g/mol. The molecule has 2 rings (SSSR count). The van der Waals surface area contributed by atoms with Gasteiger partial charge in [-0.25, -0.2) is 0 Å². The van der Waals surface area contributed by atoms with E-state index in [1.54, 1.807) is 30.2 Å². The van der Waals surface area contributed by atoms with E-state index < -0.39 is 24.3 Å². The molecule has 1 atom stereocenters. The Morgan fingerprint density at radius 3 is 2.95 bits per heavy atom. The number of carboxylic acid groups (broad SMARTS) is 1. The first-order valence-electron chi connectivity index (χ1n) is 6.44. The summed E-state index contributed by atoms with van der Waals surface area (Å²) in [5, 5.41) is 15.4. The van der Waals surface area contributed by atoms with Crippen LogP contribution in [0.4, 0.5) is 0 Å². The van der Waals surface area contributed by atoms with Gasteiger partial charge in [0, 0.05) is 38.0 Å². The number of aromatic nitrogens is 2. The van der Waals surface area contributed by atoms with Gasteiger partial charge >= 0.3 is 5.97 Å². The van der Waals surface area contributed by atoms with Crippen LogP contribution in [0.5, 0.6) is 0 Å². The Morgan fingerprint density at radius 2 is 2.33 bits per heavy atom. The van der Waals surface area contributed by atoms with Crippen LogP contribution in [0, 0.1) is 0 Å². The van der Waals surface area contributed by atoms with Crippen LogP contribution >= 0.6 is 0 Å². The molecular formula is C13H16N4O4. The van der Waals surface area contributed by atoms with E-state index in [-0.39, 0.29) is 5.91 Å². The van der Waals surface area contributed by atoms with E-state index in [9.17, 15) is 14.4 Å². The average Bonchev–Trinajstić information content (AvgIpc) is 2.84. The van der Waals surface area contributed by atoms with Crippen molar-refractivity contribution in [3.8, 4) is 0 Å². The molecule has 0 aromatic carbocycles. The second kappa shape index (κ2) is 6.21. The molecule has 2 heterocycles. The zero-order valence-electron chi connectivity index (χ0n) is 11.5. The molecule has 0 bridgehead atoms. The molecule has 112 valence electrons. The molecule has 1 fully saturated rings. The van der Waals surface area contributed by atoms with Crippen molar-refractivity contribution >= 4 is 23.9 Å². The first-order chi connectivity index (χ1) is 9.97. The molecular weight excluding hydrogens is 276 g/mol. The van der Waals surface area contributed by atoms with Crippen LogP contribution in [0.3, 0.4) is 0 Å². The summed E-state index contributed by atoms with van der Waals surface area (Å²) in [7, 11) is 1.76. The van der Waals surface area contributed by atoms with Crippen molar-refractivity contribution in [3.05, 3.63) is 24.0 Å². The summed E-state index contributed by atoms with van der Waals surface area (Å²) in [6, 6.07) is -0.970. The number of hydrogen-bond acceptors (Lipinski definition) is 4. The fraction of sp³-hybridized carbons (Fsp3) is 0.385. The maximum absolute atomic E-state index is 12.2. The summed E-state index contributed by atoms with van der Waals surface area (Å²) in [6.07, 6.45) is 5.84. The quantitative estimate of drug-likeness (QED) is 0.709. The van der Waals surface area contributed by atoms with Gasteiger partial charge < -0.3 is 15.3 Å². The molecule has 1 aliphatic heterocycles. The maximum Gasteiger partial charge on any atom is 0.305 e. The Hall–Kier alpha value is -2.64. The Labute approximate surface area is 121 Å². The third-order valence-electron chi connectivity index (χ3n) is 3.13. The Bertz CT molecular complexity index is 593. The van der Waals surface area contributed by atoms with Gasteiger partial charge in [-0.3, -0.25) is 19.1 Å². The molecule has 0 radical (unpaired) electrons. The smallest absolute Gasteiger partial charge is 0.305 e. The molecule has 8 nitrogen and oxygen atoms in total. The molecule has 21 heavy (non-hydrogen) atoms. The fourth-order valence-electron chi connectivity index (χ4n) is 2.14. The standard InChI is InChI=1S/C13H16N4O4/c1-16-8-9(7-15-16)2-3-11(18)17-5-4-14-13(21)10(17)6-12(19)20/h2-3,7-8,10H,4-6H2,1H3,(H,14,21)(H,19,20). The molecule has 2 N–H and O–H groups in total. The molecule has 1 aliphatic rings. The molecule has 2 amide bonds. The Kier molecular flexibility index (Phi) is 4.36. The summed E-state index contributed by atoms with van der Waals surface area (Å²) in [5.74, 6) is -1.95. The van der Waals surface area contributed by atoms with E-state index in [0.717, 1.165) is 5.56 Å². The summed E-state index contributed by atoms with van der Waals surface area (Å²) < 4.78 is 1.60. The van der Waals surface area contributed by atoms with Crippen LogP contribution in [0.1, 0.15) is 12.0 Å². The largest absolute Gasteiger partial charge is 0.481 e. The lowest BCUT2D eigenvalue weighted by Gasteiger charge is -2.33. The van der Waals surface area contributed by atoms with Gasteiger partial charge in [-0.2, -0.15) is 5.10 Å². The predicted octanol–water partition coefficient (Wildman–Crippen LogP) is -0.765. The lowest BCUT2D eigenvalue weighted by Crippen LogP contribution is -2.57. The number of aliphatic carboxylic acids is 1. The fourth-order valence-corrected chi connectivity index (χ4v) is 2.14. The summed E-state index contributed by atoms with van der Waals surface area (Å²) in [5.41, 5.74) is 0.752. The van der Waals surface area contributed by atoms with Crippen LogP contribution in [-0.2, 0) is 21.4 Å². The first kappa shape index (κ1) is 14.8. The highest BCUT2D eigenvalue weighted by Gasteiger charge is 2.33. The number of carbonyl (C=O) groups excluding carboxylic acids is 2. The number of carbonyl (C=O) groups is 3. The number of carboxylic acids is 1. The lowest BCUT2D eigenvalue weighted by atomic mass is 10.1. The van der Waals surface area contributed by atoms with Gasteiger partial charge in [0.15, 0.2) is 0 Å². The van der Waals surface area contributed by atoms with Gasteiger partial charge in [0.25, 0.3) is 0 Å². The van der Waals surface area contributed by atoms with Gasteiger partial charge in [-0.1, -0.05) is 0 Å². The minimum absolute atomic E-state index is 0.292. The molecule has 1 saturated heterocycles. The highest BCUT2D eigenvalue weighted by atomic mass is 16.4. The number of amides is 2. The number of nitrogens with one attached hydrogen (secondary N) is 1. The zero-order valence-corrected chi connectivity index (χ0v) is 11.5. The minimum Gasteiger partial charge on any atom is -0.481 e. The van der Waals surface area contributed by atoms with Gasteiger partial charge in [-0.15, -0.1) is 0 Å². The lowest BCUT2D eigenvalue weighted by molar-refractivity contribution is -0.146. The number of aryl methyl sites for hydroxylation is 1. The molecule has 0 spiro atoms. The molecule has 1 aromatic heterocycles. The number of piperazine rings is 1. The Balaban J connectivity index is 2.09. The number of hydrogen-bond donors (Lipinski definition) is 2. The van der Waals surface area contributed by atoms with Crippen molar-refractivity contribution in [2.75, 3.05) is 13.1 Å². The highest BCUT2D eigenvalue weighted by Crippen LogP contribution is 2.11. The van der Waals surface area contributed by atoms with Crippen LogP contribution in [0.15, 0.2) is 18.5 Å². The van der Waals surface area contributed by atoms with Crippen molar-refractivity contribution in [1.82, 2.24) is 20.0 Å². The van der Waals surface area contributed by atoms with E-state index in [2.05, 4.69) is 10.4 Å². The topological polar surface area (TPSA) is 105 Å². The van der Waals surface area contributed by atoms with Gasteiger partial charge in [0.05, 0.1) is 12.6 Å². The number of rotatable bonds is 4. The van der Waals surface area contributed by atoms with E-state index in [1.165, 1.54) is 11.0 Å². The highest BCUT2D eigenvalue weighted by molar-refractivity contribution is 5.97. The van der Waals surface area contributed by atoms with Crippen LogP contribution in [-0.4, -0.2) is 56.7 Å². The predicted molar refractivity (Wildman–Crippen MR) is 73.0 cm³/mol. The van der Waals surface area contributed by atoms with Gasteiger partial charge in [-0.05, 0) is 6.08 Å². The van der Waals surface area contributed by atoms with Crippen molar-refractivity contribution < 1.29 is 19.5 Å². The minimum atomic E-state index is -1.12. The third kappa shape index (κ3) is 3.68. The molecule has 0 saturated carbocycles. The molecule has 8 heteroatoms. The molecule has 1 unspecified atom stereocenters. The second-order valence-corrected chi connectivity index (χ2v) is 4.72. The van der Waals surface area contributed by atoms with E-state index in [0.29, 0.717) is 13.1 Å². The summed E-state index contributed by atoms with van der Waals surface area (Å²) in [6.45, 7) is 0.612. The van der Waals surface area contributed by atoms with E-state index in [1.807, 2.05) is 0 Å². The zero-order chi connectivity index (χ0) is 15.4. The van der Waals surface area contributed by atoms with Crippen molar-refractivity contribution in [1.29, 1.82) is 0 Å². The molecule has 0 aliphatic carbocycles. The summed E-state index contributed by atoms with van der Waals surface area (Å²) in [4.78, 5) is 36.0. The average molecular weight is 292 g/mol. The van der Waals surface area contributed by atoms with Crippen LogP contribution < -0.4 is 5.32 Å². The summed E-state index contributed by atoms with van der Waals surface area (Å²) >= 11 is 0. The molecule has 1 aromatic rings. The Morgan fingerprint density at radius 1 is 1.57 bits per heavy atom. The van der Waals surface area contributed by atoms with Gasteiger partial charge in [0.1, 0.15) is 6.04 Å². The van der Waals surface area contributed by atoms with Gasteiger partial charge in [0.2, 0.25) is 11.8 Å². The van der Waals surface area contributed by atoms with Crippen LogP contribution in [0.2, 0.25) is 0 Å². The van der Waals surface area contributed by atoms with E-state index >= 15 is 0 Å². The SMILES string of the molecule is Cn1cc(C=CC(=O)N2CCNC(=O)C2CC(=O)O)cn1. The van der Waals surface area contributed by atoms with Crippen molar-refractivity contribution in [2.24, 2.45) is 7.05 Å². The number of nitrogens with zero attached hydrogens (tertiary/aromatic N) is 3. The third-order valence-corrected chi connectivity index (χ3v) is 3.13. The first-order valence-corrected chi connectivity index (χ1v) is 6.44. The normalized spacial score (nSPS) is 18.8. The van der Waals surface area contributed by atoms with E-state index in [4.69, 9.17) is 5.11 Å². The van der Waals surface area contributed by atoms with Crippen molar-refractivity contribution in [2.45, 2.75) is 12.5 Å².